The van der Waals surface area contributed by atoms with E-state index in [2.05, 4.69) is 6.08 Å². The first-order valence-electron chi connectivity index (χ1n) is 5.48. The molecule has 0 saturated heterocycles. The minimum Gasteiger partial charge on any atom is -0.390 e. The molecule has 3 nitrogen and oxygen atoms in total. The van der Waals surface area contributed by atoms with Crippen LogP contribution in [0.2, 0.25) is 0 Å². The second-order valence-electron chi connectivity index (χ2n) is 4.75. The zero-order valence-electron chi connectivity index (χ0n) is 9.53. The maximum atomic E-state index is 10.4. The van der Waals surface area contributed by atoms with Gasteiger partial charge in [0.2, 0.25) is 0 Å². The van der Waals surface area contributed by atoms with Gasteiger partial charge in [-0.1, -0.05) is 6.08 Å². The predicted octanol–water partition coefficient (Wildman–Crippen LogP) is 1.84. The van der Waals surface area contributed by atoms with Gasteiger partial charge in [0.15, 0.2) is 0 Å². The summed E-state index contributed by atoms with van der Waals surface area (Å²) in [7, 11) is 0. The highest BCUT2D eigenvalue weighted by molar-refractivity contribution is 5.56. The van der Waals surface area contributed by atoms with Gasteiger partial charge >= 0.3 is 0 Å². The maximum Gasteiger partial charge on any atom is 0.149 e. The summed E-state index contributed by atoms with van der Waals surface area (Å²) < 4.78 is 5.32. The van der Waals surface area contributed by atoms with Crippen LogP contribution in [-0.4, -0.2) is 29.7 Å². The molecule has 0 amide bonds. The zero-order valence-corrected chi connectivity index (χ0v) is 9.53. The van der Waals surface area contributed by atoms with Crippen LogP contribution in [0.15, 0.2) is 11.6 Å². The lowest BCUT2D eigenvalue weighted by Gasteiger charge is -2.20. The van der Waals surface area contributed by atoms with Crippen molar-refractivity contribution in [3.8, 4) is 0 Å². The molecule has 0 radical (unpaired) electrons. The molecule has 0 fully saturated rings. The number of hydrogen-bond donors (Lipinski definition) is 1. The minimum absolute atomic E-state index is 0.247. The molecule has 15 heavy (non-hydrogen) atoms. The lowest BCUT2D eigenvalue weighted by atomic mass is 9.98. The molecule has 86 valence electrons. The van der Waals surface area contributed by atoms with E-state index in [9.17, 15) is 9.90 Å². The summed E-state index contributed by atoms with van der Waals surface area (Å²) in [5.41, 5.74) is 0.666. The summed E-state index contributed by atoms with van der Waals surface area (Å²) in [5.74, 6) is 0. The third-order valence-electron chi connectivity index (χ3n) is 2.56. The van der Waals surface area contributed by atoms with Crippen LogP contribution in [-0.2, 0) is 9.53 Å². The first kappa shape index (κ1) is 12.4. The molecule has 0 aromatic carbocycles. The first-order valence-corrected chi connectivity index (χ1v) is 5.48. The lowest BCUT2D eigenvalue weighted by molar-refractivity contribution is -0.117. The second kappa shape index (κ2) is 5.42. The number of aldehydes is 1. The standard InChI is InChI=1S/C12H20O3/c1-12(2,14)7-3-4-10-5-6-11(8-13)15-9-10/h5,8,11,14H,3-4,6-7,9H2,1-2H3. The second-order valence-corrected chi connectivity index (χ2v) is 4.75. The van der Waals surface area contributed by atoms with E-state index in [4.69, 9.17) is 4.74 Å². The third kappa shape index (κ3) is 5.09. The number of hydrogen-bond acceptors (Lipinski definition) is 3. The Morgan fingerprint density at radius 2 is 2.40 bits per heavy atom. The van der Waals surface area contributed by atoms with E-state index in [-0.39, 0.29) is 6.10 Å². The van der Waals surface area contributed by atoms with Crippen molar-refractivity contribution >= 4 is 6.29 Å². The Labute approximate surface area is 91.1 Å². The van der Waals surface area contributed by atoms with Crippen LogP contribution in [0.1, 0.15) is 39.5 Å². The molecule has 1 rings (SSSR count). The summed E-state index contributed by atoms with van der Waals surface area (Å²) in [4.78, 5) is 10.4. The fourth-order valence-corrected chi connectivity index (χ4v) is 1.64. The highest BCUT2D eigenvalue weighted by atomic mass is 16.5. The van der Waals surface area contributed by atoms with Crippen molar-refractivity contribution in [3.63, 3.8) is 0 Å². The molecule has 0 spiro atoms. The zero-order chi connectivity index (χ0) is 11.3. The highest BCUT2D eigenvalue weighted by Gasteiger charge is 2.15. The van der Waals surface area contributed by atoms with Gasteiger partial charge in [0.05, 0.1) is 12.2 Å². The average molecular weight is 212 g/mol. The number of aliphatic hydroxyl groups is 1. The van der Waals surface area contributed by atoms with Crippen LogP contribution < -0.4 is 0 Å². The van der Waals surface area contributed by atoms with Crippen LogP contribution >= 0.6 is 0 Å². The molecule has 3 heteroatoms. The first-order chi connectivity index (χ1) is 7.01. The molecule has 1 atom stereocenters. The van der Waals surface area contributed by atoms with Gasteiger partial charge in [-0.2, -0.15) is 0 Å². The van der Waals surface area contributed by atoms with Gasteiger partial charge < -0.3 is 14.6 Å². The normalized spacial score (nSPS) is 22.3. The number of carbonyl (C=O) groups excluding carboxylic acids is 1. The van der Waals surface area contributed by atoms with Crippen LogP contribution in [0.4, 0.5) is 0 Å². The summed E-state index contributed by atoms with van der Waals surface area (Å²) in [6, 6.07) is 0. The van der Waals surface area contributed by atoms with Gasteiger partial charge in [-0.05, 0) is 45.1 Å². The van der Waals surface area contributed by atoms with Crippen LogP contribution in [0, 0.1) is 0 Å². The van der Waals surface area contributed by atoms with Crippen LogP contribution in [0.3, 0.4) is 0 Å². The quantitative estimate of drug-likeness (QED) is 0.558. The summed E-state index contributed by atoms with van der Waals surface area (Å²) in [6.45, 7) is 4.21. The Morgan fingerprint density at radius 3 is 2.87 bits per heavy atom. The monoisotopic (exact) mass is 212 g/mol. The van der Waals surface area contributed by atoms with E-state index in [1.807, 2.05) is 13.8 Å². The number of ether oxygens (including phenoxy) is 1. The van der Waals surface area contributed by atoms with Gasteiger partial charge in [0.1, 0.15) is 12.4 Å². The molecule has 1 N–H and O–H groups in total. The van der Waals surface area contributed by atoms with E-state index in [0.717, 1.165) is 25.5 Å². The molecule has 1 heterocycles. The van der Waals surface area contributed by atoms with Crippen molar-refractivity contribution in [2.24, 2.45) is 0 Å². The third-order valence-corrected chi connectivity index (χ3v) is 2.56. The van der Waals surface area contributed by atoms with Gasteiger partial charge in [0.25, 0.3) is 0 Å². The molecule has 1 aliphatic rings. The van der Waals surface area contributed by atoms with Crippen molar-refractivity contribution in [1.29, 1.82) is 0 Å². The molecule has 0 aromatic heterocycles. The molecular formula is C12H20O3. The van der Waals surface area contributed by atoms with Gasteiger partial charge in [-0.3, -0.25) is 0 Å². The van der Waals surface area contributed by atoms with Crippen LogP contribution in [0.5, 0.6) is 0 Å². The number of carbonyl (C=O) groups is 1. The van der Waals surface area contributed by atoms with Crippen LogP contribution in [0.25, 0.3) is 0 Å². The molecule has 1 unspecified atom stereocenters. The van der Waals surface area contributed by atoms with Gasteiger partial charge in [-0.25, -0.2) is 0 Å². The molecule has 0 bridgehead atoms. The summed E-state index contributed by atoms with van der Waals surface area (Å²) >= 11 is 0. The molecule has 1 aliphatic heterocycles. The molecular weight excluding hydrogens is 192 g/mol. The Bertz CT molecular complexity index is 238. The average Bonchev–Trinajstić information content (AvgIpc) is 2.17. The lowest BCUT2D eigenvalue weighted by Crippen LogP contribution is -2.21. The maximum absolute atomic E-state index is 10.4. The molecule has 0 aliphatic carbocycles. The van der Waals surface area contributed by atoms with E-state index < -0.39 is 5.60 Å². The SMILES string of the molecule is CC(C)(O)CCCC1=CCC(C=O)OC1. The Morgan fingerprint density at radius 1 is 1.67 bits per heavy atom. The van der Waals surface area contributed by atoms with E-state index in [0.29, 0.717) is 13.0 Å². The smallest absolute Gasteiger partial charge is 0.149 e. The Balaban J connectivity index is 2.23. The molecule has 0 aromatic rings. The van der Waals surface area contributed by atoms with Crippen molar-refractivity contribution in [3.05, 3.63) is 11.6 Å². The van der Waals surface area contributed by atoms with Gasteiger partial charge in [0, 0.05) is 0 Å². The predicted molar refractivity (Wildman–Crippen MR) is 58.7 cm³/mol. The minimum atomic E-state index is -0.582. The summed E-state index contributed by atoms with van der Waals surface area (Å²) in [5, 5.41) is 9.53. The van der Waals surface area contributed by atoms with E-state index >= 15 is 0 Å². The summed E-state index contributed by atoms with van der Waals surface area (Å²) in [6.07, 6.45) is 6.10. The fourth-order valence-electron chi connectivity index (χ4n) is 1.64. The Kier molecular flexibility index (Phi) is 4.48. The van der Waals surface area contributed by atoms with Crippen molar-refractivity contribution < 1.29 is 14.6 Å². The Hall–Kier alpha value is -0.670. The van der Waals surface area contributed by atoms with Gasteiger partial charge in [-0.15, -0.1) is 0 Å². The fraction of sp³-hybridized carbons (Fsp3) is 0.750. The largest absolute Gasteiger partial charge is 0.390 e. The van der Waals surface area contributed by atoms with E-state index in [1.165, 1.54) is 5.57 Å². The number of rotatable bonds is 5. The topological polar surface area (TPSA) is 46.5 Å². The molecule has 0 saturated carbocycles. The van der Waals surface area contributed by atoms with Crippen molar-refractivity contribution in [1.82, 2.24) is 0 Å². The van der Waals surface area contributed by atoms with E-state index in [1.54, 1.807) is 0 Å². The highest BCUT2D eigenvalue weighted by Crippen LogP contribution is 2.19. The van der Waals surface area contributed by atoms with Crippen molar-refractivity contribution in [2.45, 2.75) is 51.2 Å². The van der Waals surface area contributed by atoms with Crippen molar-refractivity contribution in [2.75, 3.05) is 6.61 Å².